The van der Waals surface area contributed by atoms with Crippen LogP contribution in [0.5, 0.6) is 0 Å². The summed E-state index contributed by atoms with van der Waals surface area (Å²) in [7, 11) is 0. The minimum Gasteiger partial charge on any atom is -0.342 e. The molecule has 0 aliphatic rings. The molecule has 3 aromatic rings. The molecule has 1 aromatic heterocycles. The van der Waals surface area contributed by atoms with E-state index in [2.05, 4.69) is 27.4 Å². The summed E-state index contributed by atoms with van der Waals surface area (Å²) in [6.45, 7) is 7.90. The van der Waals surface area contributed by atoms with Gasteiger partial charge in [-0.25, -0.2) is 0 Å². The first kappa shape index (κ1) is 24.6. The summed E-state index contributed by atoms with van der Waals surface area (Å²) in [4.78, 5) is 35.2. The third-order valence-corrected chi connectivity index (χ3v) is 5.73. The molecule has 0 aliphatic carbocycles. The second kappa shape index (κ2) is 11.2. The van der Waals surface area contributed by atoms with Gasteiger partial charge in [0.15, 0.2) is 11.0 Å². The van der Waals surface area contributed by atoms with Gasteiger partial charge in [-0.05, 0) is 38.1 Å². The first-order valence-corrected chi connectivity index (χ1v) is 11.4. The number of carbonyl (C=O) groups is 2. The van der Waals surface area contributed by atoms with E-state index in [0.717, 1.165) is 5.56 Å². The van der Waals surface area contributed by atoms with Crippen LogP contribution in [-0.2, 0) is 11.3 Å². The summed E-state index contributed by atoms with van der Waals surface area (Å²) in [6.07, 6.45) is 1.68. The zero-order valence-electron chi connectivity index (χ0n) is 18.7. The Labute approximate surface area is 200 Å². The molecule has 3 rings (SSSR count). The molecule has 1 atom stereocenters. The van der Waals surface area contributed by atoms with Crippen LogP contribution < -0.4 is 10.6 Å². The molecule has 0 bridgehead atoms. The van der Waals surface area contributed by atoms with Crippen LogP contribution in [0.15, 0.2) is 66.3 Å². The van der Waals surface area contributed by atoms with Crippen LogP contribution in [0.4, 0.5) is 11.4 Å². The molecule has 11 heteroatoms. The average Bonchev–Trinajstić information content (AvgIpc) is 3.21. The molecule has 34 heavy (non-hydrogen) atoms. The summed E-state index contributed by atoms with van der Waals surface area (Å²) >= 11 is 1.19. The molecule has 1 heterocycles. The zero-order chi connectivity index (χ0) is 24.7. The largest absolute Gasteiger partial charge is 0.342 e. The van der Waals surface area contributed by atoms with Gasteiger partial charge < -0.3 is 15.2 Å². The lowest BCUT2D eigenvalue weighted by molar-refractivity contribution is -0.384. The molecule has 0 unspecified atom stereocenters. The average molecular weight is 481 g/mol. The monoisotopic (exact) mass is 480 g/mol. The zero-order valence-corrected chi connectivity index (χ0v) is 19.5. The highest BCUT2D eigenvalue weighted by Crippen LogP contribution is 2.22. The first-order chi connectivity index (χ1) is 16.3. The van der Waals surface area contributed by atoms with Crippen molar-refractivity contribution >= 4 is 35.0 Å². The predicted octanol–water partition coefficient (Wildman–Crippen LogP) is 3.90. The van der Waals surface area contributed by atoms with Gasteiger partial charge in [0.2, 0.25) is 5.91 Å². The molecule has 0 aliphatic heterocycles. The maximum atomic E-state index is 12.6. The Morgan fingerprint density at radius 1 is 1.24 bits per heavy atom. The molecular weight excluding hydrogens is 456 g/mol. The standard InChI is InChI=1S/C23H24N6O4S/c1-4-12-28-21(16(3)24-22(31)17-7-5-6-15(2)13-17)26-27-23(28)34-14-20(30)25-18-8-10-19(11-9-18)29(32)33/h4-11,13,16H,1,12,14H2,2-3H3,(H,24,31)(H,25,30)/t16-/m0/s1. The number of thioether (sulfide) groups is 1. The van der Waals surface area contributed by atoms with Crippen molar-refractivity contribution < 1.29 is 14.5 Å². The van der Waals surface area contributed by atoms with E-state index in [0.29, 0.717) is 28.8 Å². The highest BCUT2D eigenvalue weighted by Gasteiger charge is 2.20. The van der Waals surface area contributed by atoms with Crippen molar-refractivity contribution in [3.05, 3.63) is 88.3 Å². The Kier molecular flexibility index (Phi) is 8.14. The molecule has 2 aromatic carbocycles. The second-order valence-electron chi connectivity index (χ2n) is 7.45. The van der Waals surface area contributed by atoms with Gasteiger partial charge in [0.25, 0.3) is 11.6 Å². The second-order valence-corrected chi connectivity index (χ2v) is 8.39. The minimum absolute atomic E-state index is 0.0519. The van der Waals surface area contributed by atoms with Crippen LogP contribution in [0.3, 0.4) is 0 Å². The Balaban J connectivity index is 1.64. The number of aryl methyl sites for hydroxylation is 1. The number of nitrogens with zero attached hydrogens (tertiary/aromatic N) is 4. The van der Waals surface area contributed by atoms with Crippen LogP contribution >= 0.6 is 11.8 Å². The van der Waals surface area contributed by atoms with Crippen LogP contribution in [0.25, 0.3) is 0 Å². The summed E-state index contributed by atoms with van der Waals surface area (Å²) in [5.74, 6) is 0.0746. The number of allylic oxidation sites excluding steroid dienone is 1. The van der Waals surface area contributed by atoms with E-state index < -0.39 is 11.0 Å². The number of aromatic nitrogens is 3. The van der Waals surface area contributed by atoms with Crippen molar-refractivity contribution in [3.8, 4) is 0 Å². The van der Waals surface area contributed by atoms with Crippen molar-refractivity contribution in [1.82, 2.24) is 20.1 Å². The first-order valence-electron chi connectivity index (χ1n) is 10.4. The van der Waals surface area contributed by atoms with Gasteiger partial charge in [0.05, 0.1) is 16.7 Å². The number of hydrogen-bond donors (Lipinski definition) is 2. The van der Waals surface area contributed by atoms with Crippen LogP contribution in [0, 0.1) is 17.0 Å². The summed E-state index contributed by atoms with van der Waals surface area (Å²) in [5, 5.41) is 25.3. The van der Waals surface area contributed by atoms with E-state index in [1.165, 1.54) is 36.0 Å². The molecule has 2 N–H and O–H groups in total. The fraction of sp³-hybridized carbons (Fsp3) is 0.217. The highest BCUT2D eigenvalue weighted by atomic mass is 32.2. The highest BCUT2D eigenvalue weighted by molar-refractivity contribution is 7.99. The quantitative estimate of drug-likeness (QED) is 0.195. The van der Waals surface area contributed by atoms with Crippen molar-refractivity contribution in [2.45, 2.75) is 31.6 Å². The Hall–Kier alpha value is -3.99. The third kappa shape index (κ3) is 6.29. The normalized spacial score (nSPS) is 11.5. The predicted molar refractivity (Wildman–Crippen MR) is 130 cm³/mol. The number of anilines is 1. The van der Waals surface area contributed by atoms with Crippen molar-refractivity contribution in [2.24, 2.45) is 0 Å². The van der Waals surface area contributed by atoms with E-state index >= 15 is 0 Å². The van der Waals surface area contributed by atoms with E-state index in [4.69, 9.17) is 0 Å². The molecule has 10 nitrogen and oxygen atoms in total. The van der Waals surface area contributed by atoms with E-state index in [9.17, 15) is 19.7 Å². The van der Waals surface area contributed by atoms with E-state index in [-0.39, 0.29) is 23.3 Å². The van der Waals surface area contributed by atoms with Crippen LogP contribution in [-0.4, -0.2) is 37.3 Å². The van der Waals surface area contributed by atoms with E-state index in [1.54, 1.807) is 22.8 Å². The molecule has 0 saturated heterocycles. The number of hydrogen-bond acceptors (Lipinski definition) is 7. The summed E-state index contributed by atoms with van der Waals surface area (Å²) in [6, 6.07) is 12.5. The van der Waals surface area contributed by atoms with Gasteiger partial charge in [0.1, 0.15) is 0 Å². The van der Waals surface area contributed by atoms with Gasteiger partial charge in [-0.1, -0.05) is 35.5 Å². The molecule has 0 spiro atoms. The number of rotatable bonds is 10. The summed E-state index contributed by atoms with van der Waals surface area (Å²) < 4.78 is 1.79. The van der Waals surface area contributed by atoms with Gasteiger partial charge >= 0.3 is 0 Å². The smallest absolute Gasteiger partial charge is 0.269 e. The number of nitro benzene ring substituents is 1. The van der Waals surface area contributed by atoms with Gasteiger partial charge in [0, 0.05) is 29.9 Å². The van der Waals surface area contributed by atoms with Crippen LogP contribution in [0.1, 0.15) is 34.7 Å². The van der Waals surface area contributed by atoms with E-state index in [1.807, 2.05) is 26.0 Å². The fourth-order valence-electron chi connectivity index (χ4n) is 3.15. The summed E-state index contributed by atoms with van der Waals surface area (Å²) in [5.41, 5.74) is 1.94. The van der Waals surface area contributed by atoms with Gasteiger partial charge in [-0.2, -0.15) is 0 Å². The number of amides is 2. The number of nitrogens with one attached hydrogen (secondary N) is 2. The Bertz CT molecular complexity index is 1210. The van der Waals surface area contributed by atoms with Gasteiger partial charge in [-0.3, -0.25) is 19.7 Å². The van der Waals surface area contributed by atoms with Crippen molar-refractivity contribution in [3.63, 3.8) is 0 Å². The Morgan fingerprint density at radius 3 is 2.62 bits per heavy atom. The molecule has 176 valence electrons. The SMILES string of the molecule is C=CCn1c(SCC(=O)Nc2ccc([N+](=O)[O-])cc2)nnc1[C@H](C)NC(=O)c1cccc(C)c1. The maximum Gasteiger partial charge on any atom is 0.269 e. The number of benzene rings is 2. The topological polar surface area (TPSA) is 132 Å². The minimum atomic E-state index is -0.504. The number of carbonyl (C=O) groups excluding carboxylic acids is 2. The third-order valence-electron chi connectivity index (χ3n) is 4.77. The number of nitro groups is 1. The lowest BCUT2D eigenvalue weighted by atomic mass is 10.1. The number of non-ortho nitro benzene ring substituents is 1. The molecular formula is C23H24N6O4S. The molecule has 2 amide bonds. The van der Waals surface area contributed by atoms with Crippen molar-refractivity contribution in [2.75, 3.05) is 11.1 Å². The van der Waals surface area contributed by atoms with Crippen LogP contribution in [0.2, 0.25) is 0 Å². The lowest BCUT2D eigenvalue weighted by Crippen LogP contribution is -2.28. The Morgan fingerprint density at radius 2 is 1.97 bits per heavy atom. The molecule has 0 fully saturated rings. The lowest BCUT2D eigenvalue weighted by Gasteiger charge is -2.15. The molecule has 0 saturated carbocycles. The maximum absolute atomic E-state index is 12.6. The molecule has 0 radical (unpaired) electrons. The fourth-order valence-corrected chi connectivity index (χ4v) is 3.91. The van der Waals surface area contributed by atoms with Crippen molar-refractivity contribution in [1.29, 1.82) is 0 Å². The van der Waals surface area contributed by atoms with Gasteiger partial charge in [-0.15, -0.1) is 16.8 Å².